The zero-order valence-electron chi connectivity index (χ0n) is 20.9. The summed E-state index contributed by atoms with van der Waals surface area (Å²) in [5.41, 5.74) is 1.76. The van der Waals surface area contributed by atoms with Gasteiger partial charge in [-0.15, -0.1) is 0 Å². The minimum absolute atomic E-state index is 0.182. The predicted molar refractivity (Wildman–Crippen MR) is 131 cm³/mol. The Morgan fingerprint density at radius 2 is 1.53 bits per heavy atom. The van der Waals surface area contributed by atoms with E-state index in [1.807, 2.05) is 24.0 Å². The van der Waals surface area contributed by atoms with Crippen LogP contribution in [0, 0.1) is 0 Å². The number of nitrogens with one attached hydrogen (secondary N) is 1. The van der Waals surface area contributed by atoms with Crippen LogP contribution in [0.3, 0.4) is 0 Å². The Morgan fingerprint density at radius 1 is 0.917 bits per heavy atom. The van der Waals surface area contributed by atoms with Crippen LogP contribution >= 0.6 is 0 Å². The second-order valence-electron chi connectivity index (χ2n) is 8.69. The number of amides is 1. The molecule has 0 radical (unpaired) electrons. The third-order valence-electron chi connectivity index (χ3n) is 6.75. The van der Waals surface area contributed by atoms with Crippen molar-refractivity contribution >= 4 is 16.9 Å². The van der Waals surface area contributed by atoms with Crippen molar-refractivity contribution in [1.82, 2.24) is 29.9 Å². The van der Waals surface area contributed by atoms with Crippen LogP contribution in [0.1, 0.15) is 35.9 Å². The number of imidazole rings is 1. The van der Waals surface area contributed by atoms with Crippen molar-refractivity contribution in [2.75, 3.05) is 35.0 Å². The van der Waals surface area contributed by atoms with Crippen LogP contribution in [0.4, 0.5) is 0 Å². The second kappa shape index (κ2) is 9.06. The van der Waals surface area contributed by atoms with Crippen LogP contribution in [0.5, 0.6) is 23.0 Å². The third kappa shape index (κ3) is 3.67. The molecule has 1 N–H and O–H groups in total. The van der Waals surface area contributed by atoms with Gasteiger partial charge >= 0.3 is 0 Å². The molecular weight excluding hydrogens is 464 g/mol. The van der Waals surface area contributed by atoms with Crippen LogP contribution in [-0.4, -0.2) is 70.8 Å². The smallest absolute Gasteiger partial charge is 0.257 e. The number of H-pyrrole nitrogens is 1. The number of likely N-dealkylation sites (tertiary alicyclic amines) is 1. The van der Waals surface area contributed by atoms with Crippen molar-refractivity contribution in [3.8, 4) is 28.7 Å². The number of carbonyl (C=O) groups is 1. The molecule has 4 aromatic rings. The average molecular weight is 493 g/mol. The highest BCUT2D eigenvalue weighted by molar-refractivity contribution is 5.99. The number of carbonyl (C=O) groups excluding carboxylic acids is 1. The number of rotatable bonds is 7. The summed E-state index contributed by atoms with van der Waals surface area (Å²) < 4.78 is 21.8. The van der Waals surface area contributed by atoms with Gasteiger partial charge in [-0.05, 0) is 25.8 Å². The summed E-state index contributed by atoms with van der Waals surface area (Å²) in [6, 6.07) is 7.06. The first-order valence-corrected chi connectivity index (χ1v) is 11.5. The molecule has 36 heavy (non-hydrogen) atoms. The van der Waals surface area contributed by atoms with Crippen LogP contribution in [0.2, 0.25) is 0 Å². The lowest BCUT2D eigenvalue weighted by atomic mass is 9.97. The summed E-state index contributed by atoms with van der Waals surface area (Å²) in [6.45, 7) is 2.59. The van der Waals surface area contributed by atoms with Gasteiger partial charge in [0.1, 0.15) is 11.5 Å². The van der Waals surface area contributed by atoms with E-state index in [9.17, 15) is 4.79 Å². The number of aromatic amines is 1. The number of fused-ring (bicyclic) bond motifs is 1. The van der Waals surface area contributed by atoms with Gasteiger partial charge in [0.2, 0.25) is 0 Å². The quantitative estimate of drug-likeness (QED) is 0.418. The number of nitrogens with zero attached hydrogens (tertiary/aromatic N) is 5. The van der Waals surface area contributed by atoms with Crippen LogP contribution in [0.25, 0.3) is 16.7 Å². The first-order valence-electron chi connectivity index (χ1n) is 11.5. The van der Waals surface area contributed by atoms with Crippen molar-refractivity contribution in [2.45, 2.75) is 25.3 Å². The second-order valence-corrected chi connectivity index (χ2v) is 8.69. The Labute approximate surface area is 207 Å². The molecule has 1 fully saturated rings. The van der Waals surface area contributed by atoms with Crippen LogP contribution in [0.15, 0.2) is 36.7 Å². The highest BCUT2D eigenvalue weighted by atomic mass is 16.5. The fraction of sp³-hybridized carbons (Fsp3) is 0.360. The predicted octanol–water partition coefficient (Wildman–Crippen LogP) is 3.33. The summed E-state index contributed by atoms with van der Waals surface area (Å²) in [5.74, 6) is 2.63. The number of hydrogen-bond donors (Lipinski definition) is 1. The fourth-order valence-corrected chi connectivity index (χ4v) is 4.82. The molecule has 1 unspecified atom stereocenters. The molecule has 2 aromatic carbocycles. The highest BCUT2D eigenvalue weighted by Gasteiger charge is 2.44. The Kier molecular flexibility index (Phi) is 5.91. The molecule has 0 aliphatic carbocycles. The Bertz CT molecular complexity index is 1380. The van der Waals surface area contributed by atoms with E-state index >= 15 is 0 Å². The molecule has 5 rings (SSSR count). The van der Waals surface area contributed by atoms with Gasteiger partial charge in [0.25, 0.3) is 5.91 Å². The van der Waals surface area contributed by atoms with Gasteiger partial charge in [-0.25, -0.2) is 4.98 Å². The standard InChI is InChI=1S/C25H28N6O5/c1-25(24-28-16-12-20(34-3)21(35-4)13-17(16)29-24)7-6-10-30(25)23(32)15-11-19(33-2)22(36-5)14-18(15)31-26-8-9-27-31/h8-9,11-14H,6-7,10H2,1-5H3,(H,28,29). The molecule has 1 amide bonds. The molecule has 1 saturated heterocycles. The molecule has 0 bridgehead atoms. The first-order chi connectivity index (χ1) is 17.4. The van der Waals surface area contributed by atoms with Crippen molar-refractivity contribution in [3.05, 3.63) is 48.0 Å². The first kappa shape index (κ1) is 23.5. The molecule has 1 atom stereocenters. The minimum Gasteiger partial charge on any atom is -0.493 e. The summed E-state index contributed by atoms with van der Waals surface area (Å²) in [6.07, 6.45) is 4.69. The van der Waals surface area contributed by atoms with Crippen molar-refractivity contribution < 1.29 is 23.7 Å². The lowest BCUT2D eigenvalue weighted by Crippen LogP contribution is -2.44. The summed E-state index contributed by atoms with van der Waals surface area (Å²) in [7, 11) is 6.26. The maximum absolute atomic E-state index is 14.1. The van der Waals surface area contributed by atoms with Crippen molar-refractivity contribution in [1.29, 1.82) is 0 Å². The van der Waals surface area contributed by atoms with Gasteiger partial charge < -0.3 is 28.8 Å². The number of benzene rings is 2. The van der Waals surface area contributed by atoms with E-state index in [0.29, 0.717) is 46.6 Å². The van der Waals surface area contributed by atoms with Gasteiger partial charge in [0, 0.05) is 24.7 Å². The largest absolute Gasteiger partial charge is 0.493 e. The summed E-state index contributed by atoms with van der Waals surface area (Å²) in [4.78, 5) is 25.6. The molecule has 0 saturated carbocycles. The lowest BCUT2D eigenvalue weighted by Gasteiger charge is -2.34. The maximum Gasteiger partial charge on any atom is 0.257 e. The average Bonchev–Trinajstić information content (AvgIpc) is 3.66. The van der Waals surface area contributed by atoms with Gasteiger partial charge in [0.15, 0.2) is 23.0 Å². The molecule has 188 valence electrons. The maximum atomic E-state index is 14.1. The van der Waals surface area contributed by atoms with Crippen molar-refractivity contribution in [3.63, 3.8) is 0 Å². The van der Waals surface area contributed by atoms with Gasteiger partial charge in [-0.1, -0.05) is 0 Å². The topological polar surface area (TPSA) is 117 Å². The summed E-state index contributed by atoms with van der Waals surface area (Å²) >= 11 is 0. The molecule has 2 aromatic heterocycles. The Morgan fingerprint density at radius 3 is 2.19 bits per heavy atom. The van der Waals surface area contributed by atoms with E-state index < -0.39 is 5.54 Å². The van der Waals surface area contributed by atoms with Crippen LogP contribution in [-0.2, 0) is 5.54 Å². The molecule has 1 aliphatic rings. The Balaban J connectivity index is 1.59. The van der Waals surface area contributed by atoms with E-state index in [1.165, 1.54) is 11.9 Å². The molecule has 1 aliphatic heterocycles. The number of hydrogen-bond acceptors (Lipinski definition) is 8. The number of aromatic nitrogens is 5. The van der Waals surface area contributed by atoms with Gasteiger partial charge in [-0.2, -0.15) is 15.0 Å². The van der Waals surface area contributed by atoms with E-state index in [0.717, 1.165) is 23.9 Å². The van der Waals surface area contributed by atoms with Crippen molar-refractivity contribution in [2.24, 2.45) is 0 Å². The normalized spacial score (nSPS) is 17.4. The lowest BCUT2D eigenvalue weighted by molar-refractivity contribution is 0.0605. The molecule has 11 heteroatoms. The van der Waals surface area contributed by atoms with E-state index in [1.54, 1.807) is 45.9 Å². The summed E-state index contributed by atoms with van der Waals surface area (Å²) in [5, 5.41) is 8.48. The van der Waals surface area contributed by atoms with Crippen LogP contribution < -0.4 is 18.9 Å². The number of methoxy groups -OCH3 is 4. The fourth-order valence-electron chi connectivity index (χ4n) is 4.82. The molecular formula is C25H28N6O5. The van der Waals surface area contributed by atoms with Gasteiger partial charge in [-0.3, -0.25) is 4.79 Å². The zero-order valence-corrected chi connectivity index (χ0v) is 20.9. The minimum atomic E-state index is -0.668. The van der Waals surface area contributed by atoms with E-state index in [4.69, 9.17) is 23.9 Å². The van der Waals surface area contributed by atoms with E-state index in [-0.39, 0.29) is 5.91 Å². The van der Waals surface area contributed by atoms with E-state index in [2.05, 4.69) is 15.2 Å². The zero-order chi connectivity index (χ0) is 25.4. The molecule has 0 spiro atoms. The van der Waals surface area contributed by atoms with Gasteiger partial charge in [0.05, 0.1) is 63.0 Å². The Hall–Kier alpha value is -4.28. The molecule has 3 heterocycles. The third-order valence-corrected chi connectivity index (χ3v) is 6.75. The molecule has 11 nitrogen and oxygen atoms in total. The highest BCUT2D eigenvalue weighted by Crippen LogP contribution is 2.41. The SMILES string of the molecule is COc1cc(C(=O)N2CCCC2(C)c2nc3cc(OC)c(OC)cc3[nH]2)c(-n2nccn2)cc1OC. The monoisotopic (exact) mass is 492 g/mol. The number of ether oxygens (including phenoxy) is 4.